The molecule has 3 N–H and O–H groups in total. The molecule has 1 fully saturated rings. The normalized spacial score (nSPS) is 15.5. The van der Waals surface area contributed by atoms with Crippen LogP contribution in [0.5, 0.6) is 5.75 Å². The summed E-state index contributed by atoms with van der Waals surface area (Å²) in [5.41, 5.74) is 1.14. The second-order valence-corrected chi connectivity index (χ2v) is 9.60. The second-order valence-electron chi connectivity index (χ2n) is 9.60. The first-order valence-electron chi connectivity index (χ1n) is 13.0. The third-order valence-electron chi connectivity index (χ3n) is 6.56. The molecule has 0 bridgehead atoms. The summed E-state index contributed by atoms with van der Waals surface area (Å²) in [4.78, 5) is 37.7. The second kappa shape index (κ2) is 15.0. The monoisotopic (exact) mass is 493 g/mol. The fraction of sp³-hybridized carbons (Fsp3) is 0.483. The van der Waals surface area contributed by atoms with Crippen LogP contribution in [-0.4, -0.2) is 49.9 Å². The summed E-state index contributed by atoms with van der Waals surface area (Å²) in [7, 11) is 0. The first kappa shape index (κ1) is 27.4. The van der Waals surface area contributed by atoms with Crippen LogP contribution in [0.2, 0.25) is 0 Å². The number of rotatable bonds is 14. The molecular weight excluding hydrogens is 454 g/mol. The summed E-state index contributed by atoms with van der Waals surface area (Å²) in [5.74, 6) is 0.618. The lowest BCUT2D eigenvalue weighted by molar-refractivity contribution is -0.129. The molecule has 2 aromatic carbocycles. The van der Waals surface area contributed by atoms with Crippen molar-refractivity contribution in [3.8, 4) is 5.75 Å². The average Bonchev–Trinajstić information content (AvgIpc) is 2.91. The Balaban J connectivity index is 1.40. The molecule has 7 nitrogen and oxygen atoms in total. The van der Waals surface area contributed by atoms with Gasteiger partial charge >= 0.3 is 0 Å². The fourth-order valence-corrected chi connectivity index (χ4v) is 4.35. The van der Waals surface area contributed by atoms with Crippen molar-refractivity contribution in [1.29, 1.82) is 0 Å². The van der Waals surface area contributed by atoms with Gasteiger partial charge in [-0.05, 0) is 68.8 Å². The zero-order valence-corrected chi connectivity index (χ0v) is 21.2. The first-order chi connectivity index (χ1) is 17.5. The van der Waals surface area contributed by atoms with Gasteiger partial charge in [-0.3, -0.25) is 14.4 Å². The SMILES string of the molecule is CC(CCNC(=O)C1CCNCC1)CC(=O)NCC(=O)C(CCc1ccccc1)Oc1ccccc1. The Bertz CT molecular complexity index is 946. The maximum Gasteiger partial charge on any atom is 0.223 e. The van der Waals surface area contributed by atoms with Crippen LogP contribution in [0.4, 0.5) is 0 Å². The molecule has 3 rings (SSSR count). The zero-order valence-electron chi connectivity index (χ0n) is 21.2. The number of carbonyl (C=O) groups excluding carboxylic acids is 3. The Morgan fingerprint density at radius 2 is 1.61 bits per heavy atom. The van der Waals surface area contributed by atoms with Gasteiger partial charge in [0.05, 0.1) is 6.54 Å². The first-order valence-corrected chi connectivity index (χ1v) is 13.0. The smallest absolute Gasteiger partial charge is 0.223 e. The maximum atomic E-state index is 13.0. The van der Waals surface area contributed by atoms with E-state index in [2.05, 4.69) is 16.0 Å². The Hall–Kier alpha value is -3.19. The number of aryl methyl sites for hydroxylation is 1. The van der Waals surface area contributed by atoms with Crippen LogP contribution in [-0.2, 0) is 20.8 Å². The molecule has 1 heterocycles. The minimum absolute atomic E-state index is 0.0652. The topological polar surface area (TPSA) is 96.5 Å². The van der Waals surface area contributed by atoms with Gasteiger partial charge in [0.15, 0.2) is 11.9 Å². The summed E-state index contributed by atoms with van der Waals surface area (Å²) in [6.45, 7) is 4.25. The van der Waals surface area contributed by atoms with E-state index in [9.17, 15) is 14.4 Å². The minimum atomic E-state index is -0.643. The summed E-state index contributed by atoms with van der Waals surface area (Å²) in [6, 6.07) is 19.3. The number of nitrogens with one attached hydrogen (secondary N) is 3. The van der Waals surface area contributed by atoms with Crippen molar-refractivity contribution in [2.24, 2.45) is 11.8 Å². The Labute approximate surface area is 214 Å². The molecule has 2 atom stereocenters. The van der Waals surface area contributed by atoms with Crippen LogP contribution < -0.4 is 20.7 Å². The quantitative estimate of drug-likeness (QED) is 0.375. The van der Waals surface area contributed by atoms with Crippen LogP contribution in [0, 0.1) is 11.8 Å². The van der Waals surface area contributed by atoms with E-state index < -0.39 is 6.10 Å². The van der Waals surface area contributed by atoms with Gasteiger partial charge in [-0.15, -0.1) is 0 Å². The molecule has 2 unspecified atom stereocenters. The molecule has 1 saturated heterocycles. The molecule has 0 radical (unpaired) electrons. The molecule has 0 spiro atoms. The highest BCUT2D eigenvalue weighted by Gasteiger charge is 2.22. The number of amides is 2. The van der Waals surface area contributed by atoms with Gasteiger partial charge in [0, 0.05) is 18.9 Å². The Morgan fingerprint density at radius 1 is 0.944 bits per heavy atom. The molecule has 36 heavy (non-hydrogen) atoms. The Kier molecular flexibility index (Phi) is 11.4. The van der Waals surface area contributed by atoms with Crippen molar-refractivity contribution in [1.82, 2.24) is 16.0 Å². The van der Waals surface area contributed by atoms with Crippen molar-refractivity contribution in [2.45, 2.75) is 51.6 Å². The molecule has 0 saturated carbocycles. The van der Waals surface area contributed by atoms with E-state index in [1.165, 1.54) is 0 Å². The molecule has 194 valence electrons. The van der Waals surface area contributed by atoms with E-state index in [0.717, 1.165) is 37.9 Å². The molecule has 2 amide bonds. The predicted molar refractivity (Wildman–Crippen MR) is 141 cm³/mol. The molecular formula is C29H39N3O4. The molecule has 2 aromatic rings. The number of carbonyl (C=O) groups is 3. The van der Waals surface area contributed by atoms with Crippen molar-refractivity contribution < 1.29 is 19.1 Å². The van der Waals surface area contributed by atoms with E-state index in [0.29, 0.717) is 31.6 Å². The van der Waals surface area contributed by atoms with Crippen LogP contribution in [0.3, 0.4) is 0 Å². The summed E-state index contributed by atoms with van der Waals surface area (Å²) in [5, 5.41) is 9.03. The number of ether oxygens (including phenoxy) is 1. The fourth-order valence-electron chi connectivity index (χ4n) is 4.35. The molecule has 1 aliphatic rings. The number of Topliss-reactive ketones (excluding diaryl/α,β-unsaturated/α-hetero) is 1. The molecule has 1 aliphatic heterocycles. The van der Waals surface area contributed by atoms with Gasteiger partial charge in [-0.1, -0.05) is 55.5 Å². The average molecular weight is 494 g/mol. The highest BCUT2D eigenvalue weighted by Crippen LogP contribution is 2.16. The van der Waals surface area contributed by atoms with Crippen molar-refractivity contribution in [3.05, 3.63) is 66.2 Å². The van der Waals surface area contributed by atoms with E-state index in [4.69, 9.17) is 4.74 Å². The van der Waals surface area contributed by atoms with Gasteiger partial charge in [-0.2, -0.15) is 0 Å². The lowest BCUT2D eigenvalue weighted by Crippen LogP contribution is -2.39. The number of piperidine rings is 1. The molecule has 7 heteroatoms. The van der Waals surface area contributed by atoms with Crippen LogP contribution in [0.1, 0.15) is 44.6 Å². The van der Waals surface area contributed by atoms with Gasteiger partial charge in [-0.25, -0.2) is 0 Å². The van der Waals surface area contributed by atoms with Gasteiger partial charge in [0.25, 0.3) is 0 Å². The zero-order chi connectivity index (χ0) is 25.6. The number of benzene rings is 2. The van der Waals surface area contributed by atoms with Gasteiger partial charge in [0.1, 0.15) is 5.75 Å². The van der Waals surface area contributed by atoms with E-state index in [1.54, 1.807) is 0 Å². The van der Waals surface area contributed by atoms with Crippen molar-refractivity contribution in [3.63, 3.8) is 0 Å². The maximum absolute atomic E-state index is 13.0. The summed E-state index contributed by atoms with van der Waals surface area (Å²) in [6.07, 6.45) is 3.37. The lowest BCUT2D eigenvalue weighted by atomic mass is 9.97. The summed E-state index contributed by atoms with van der Waals surface area (Å²) >= 11 is 0. The van der Waals surface area contributed by atoms with E-state index >= 15 is 0 Å². The van der Waals surface area contributed by atoms with Gasteiger partial charge in [0.2, 0.25) is 11.8 Å². The van der Waals surface area contributed by atoms with Crippen molar-refractivity contribution >= 4 is 17.6 Å². The van der Waals surface area contributed by atoms with Crippen LogP contribution in [0.25, 0.3) is 0 Å². The highest BCUT2D eigenvalue weighted by molar-refractivity contribution is 5.89. The minimum Gasteiger partial charge on any atom is -0.483 e. The van der Waals surface area contributed by atoms with Gasteiger partial charge < -0.3 is 20.7 Å². The van der Waals surface area contributed by atoms with Crippen LogP contribution in [0.15, 0.2) is 60.7 Å². The highest BCUT2D eigenvalue weighted by atomic mass is 16.5. The standard InChI is InChI=1S/C29H39N3O4/c1-22(14-19-31-29(35)24-15-17-30-18-16-24)20-28(34)32-21-26(33)27(36-25-10-6-3-7-11-25)13-12-23-8-4-2-5-9-23/h2-11,22,24,27,30H,12-21H2,1H3,(H,31,35)(H,32,34). The number of ketones is 1. The van der Waals surface area contributed by atoms with Crippen LogP contribution >= 0.6 is 0 Å². The van der Waals surface area contributed by atoms with Crippen molar-refractivity contribution in [2.75, 3.05) is 26.2 Å². The number of hydrogen-bond donors (Lipinski definition) is 3. The largest absolute Gasteiger partial charge is 0.483 e. The Morgan fingerprint density at radius 3 is 2.31 bits per heavy atom. The number of para-hydroxylation sites is 1. The summed E-state index contributed by atoms with van der Waals surface area (Å²) < 4.78 is 5.99. The lowest BCUT2D eigenvalue weighted by Gasteiger charge is -2.22. The van der Waals surface area contributed by atoms with E-state index in [1.807, 2.05) is 67.6 Å². The molecule has 0 aromatic heterocycles. The molecule has 0 aliphatic carbocycles. The number of hydrogen-bond acceptors (Lipinski definition) is 5. The predicted octanol–water partition coefficient (Wildman–Crippen LogP) is 3.28. The van der Waals surface area contributed by atoms with E-state index in [-0.39, 0.29) is 36.0 Å². The third-order valence-corrected chi connectivity index (χ3v) is 6.56. The third kappa shape index (κ3) is 9.82.